The van der Waals surface area contributed by atoms with Crippen molar-refractivity contribution >= 4 is 0 Å². The summed E-state index contributed by atoms with van der Waals surface area (Å²) in [7, 11) is 0. The third-order valence-electron chi connectivity index (χ3n) is 1.09. The van der Waals surface area contributed by atoms with Crippen molar-refractivity contribution in [3.05, 3.63) is 24.2 Å². The Labute approximate surface area is 79.1 Å². The van der Waals surface area contributed by atoms with Crippen molar-refractivity contribution in [3.8, 4) is 0 Å². The van der Waals surface area contributed by atoms with Gasteiger partial charge < -0.3 is 9.15 Å². The molecule has 0 fully saturated rings. The average Bonchev–Trinajstić information content (AvgIpc) is 2.34. The first-order valence-corrected chi connectivity index (χ1v) is 3.35. The first-order valence-electron chi connectivity index (χ1n) is 3.35. The molecule has 0 amide bonds. The molecule has 0 aliphatic heterocycles. The van der Waals surface area contributed by atoms with Gasteiger partial charge in [0.05, 0.1) is 6.10 Å². The predicted octanol–water partition coefficient (Wildman–Crippen LogP) is -0.991. The second-order valence-electron chi connectivity index (χ2n) is 2.38. The smallest absolute Gasteiger partial charge is 0.593 e. The Morgan fingerprint density at radius 3 is 2.82 bits per heavy atom. The topological polar surface area (TPSA) is 22.4 Å². The molecule has 0 aliphatic carbocycles. The second-order valence-corrected chi connectivity index (χ2v) is 2.38. The van der Waals surface area contributed by atoms with Crippen molar-refractivity contribution in [2.75, 3.05) is 0 Å². The van der Waals surface area contributed by atoms with Crippen LogP contribution in [0.3, 0.4) is 0 Å². The fraction of sp³-hybridized carbons (Fsp3) is 0.500. The van der Waals surface area contributed by atoms with Gasteiger partial charge in [-0.1, -0.05) is 0 Å². The summed E-state index contributed by atoms with van der Waals surface area (Å²) in [5.41, 5.74) is 0. The van der Waals surface area contributed by atoms with Crippen molar-refractivity contribution in [1.82, 2.24) is 0 Å². The second kappa shape index (κ2) is 5.48. The molecule has 3 heteroatoms. The minimum Gasteiger partial charge on any atom is -0.593 e. The largest absolute Gasteiger partial charge is 1.00 e. The van der Waals surface area contributed by atoms with Gasteiger partial charge in [0.25, 0.3) is 0 Å². The fourth-order valence-electron chi connectivity index (χ4n) is 0.597. The Morgan fingerprint density at radius 1 is 1.64 bits per heavy atom. The maximum Gasteiger partial charge on any atom is 1.00 e. The van der Waals surface area contributed by atoms with Crippen LogP contribution in [0.4, 0.5) is 0 Å². The van der Waals surface area contributed by atoms with Crippen LogP contribution in [0.1, 0.15) is 19.6 Å². The molecule has 0 saturated heterocycles. The molecule has 1 aromatic rings. The summed E-state index contributed by atoms with van der Waals surface area (Å²) in [6.45, 7) is 4.53. The van der Waals surface area contributed by atoms with E-state index in [0.29, 0.717) is 6.61 Å². The maximum atomic E-state index is 5.27. The van der Waals surface area contributed by atoms with Gasteiger partial charge in [0, 0.05) is 6.61 Å². The average molecular weight is 146 g/mol. The standard InChI is InChI=1S/C8H11O2.Li/c1-7(2)10-6-8-4-3-5-9-8;/h3-4,7H,6H2,1-2H3;/q-1;+1. The van der Waals surface area contributed by atoms with Gasteiger partial charge in [-0.05, 0) is 25.9 Å². The Hall–Kier alpha value is -0.163. The van der Waals surface area contributed by atoms with Crippen LogP contribution < -0.4 is 18.9 Å². The molecule has 0 atom stereocenters. The fourth-order valence-corrected chi connectivity index (χ4v) is 0.597. The van der Waals surface area contributed by atoms with Gasteiger partial charge in [-0.3, -0.25) is 0 Å². The van der Waals surface area contributed by atoms with Crippen LogP contribution in [-0.2, 0) is 11.3 Å². The molecule has 0 aromatic carbocycles. The molecule has 1 aromatic heterocycles. The van der Waals surface area contributed by atoms with E-state index < -0.39 is 0 Å². The third-order valence-corrected chi connectivity index (χ3v) is 1.09. The molecule has 56 valence electrons. The van der Waals surface area contributed by atoms with Crippen LogP contribution in [0.5, 0.6) is 0 Å². The molecule has 0 aliphatic rings. The summed E-state index contributed by atoms with van der Waals surface area (Å²) in [5, 5.41) is 0. The van der Waals surface area contributed by atoms with Crippen LogP contribution in [0.2, 0.25) is 0 Å². The van der Waals surface area contributed by atoms with E-state index in [4.69, 9.17) is 9.15 Å². The van der Waals surface area contributed by atoms with Crippen LogP contribution in [-0.4, -0.2) is 6.10 Å². The zero-order valence-electron chi connectivity index (χ0n) is 7.26. The molecular formula is C8H11LiO2. The Balaban J connectivity index is 0.000001000. The van der Waals surface area contributed by atoms with E-state index in [2.05, 4.69) is 6.26 Å². The zero-order chi connectivity index (χ0) is 7.40. The molecule has 0 bridgehead atoms. The first-order chi connectivity index (χ1) is 4.79. The van der Waals surface area contributed by atoms with Gasteiger partial charge in [-0.2, -0.15) is 6.07 Å². The quantitative estimate of drug-likeness (QED) is 0.403. The molecule has 0 spiro atoms. The minimum atomic E-state index is 0. The molecule has 0 unspecified atom stereocenters. The molecule has 11 heavy (non-hydrogen) atoms. The predicted molar refractivity (Wildman–Crippen MR) is 37.5 cm³/mol. The molecule has 2 nitrogen and oxygen atoms in total. The normalized spacial score (nSPS) is 9.73. The molecule has 1 heterocycles. The van der Waals surface area contributed by atoms with Crippen molar-refractivity contribution in [3.63, 3.8) is 0 Å². The summed E-state index contributed by atoms with van der Waals surface area (Å²) in [6.07, 6.45) is 2.85. The van der Waals surface area contributed by atoms with Gasteiger partial charge in [0.15, 0.2) is 0 Å². The summed E-state index contributed by atoms with van der Waals surface area (Å²) < 4.78 is 10.2. The van der Waals surface area contributed by atoms with Crippen molar-refractivity contribution in [2.24, 2.45) is 0 Å². The summed E-state index contributed by atoms with van der Waals surface area (Å²) in [4.78, 5) is 0. The number of hydrogen-bond acceptors (Lipinski definition) is 2. The van der Waals surface area contributed by atoms with E-state index in [1.807, 2.05) is 19.9 Å². The maximum absolute atomic E-state index is 5.27. The van der Waals surface area contributed by atoms with E-state index >= 15 is 0 Å². The van der Waals surface area contributed by atoms with Gasteiger partial charge in [-0.15, -0.1) is 6.07 Å². The third kappa shape index (κ3) is 4.31. The molecule has 0 saturated carbocycles. The molecule has 0 N–H and O–H groups in total. The van der Waals surface area contributed by atoms with Crippen molar-refractivity contribution in [1.29, 1.82) is 0 Å². The summed E-state index contributed by atoms with van der Waals surface area (Å²) in [6, 6.07) is 3.58. The van der Waals surface area contributed by atoms with Gasteiger partial charge >= 0.3 is 18.9 Å². The van der Waals surface area contributed by atoms with Crippen LogP contribution in [0.15, 0.2) is 16.5 Å². The minimum absolute atomic E-state index is 0. The van der Waals surface area contributed by atoms with Crippen LogP contribution in [0, 0.1) is 6.26 Å². The Kier molecular flexibility index (Phi) is 5.40. The number of ether oxygens (including phenoxy) is 1. The Morgan fingerprint density at radius 2 is 2.36 bits per heavy atom. The molecular weight excluding hydrogens is 135 g/mol. The van der Waals surface area contributed by atoms with Crippen molar-refractivity contribution in [2.45, 2.75) is 26.6 Å². The monoisotopic (exact) mass is 146 g/mol. The van der Waals surface area contributed by atoms with E-state index in [-0.39, 0.29) is 25.0 Å². The van der Waals surface area contributed by atoms with E-state index in [0.717, 1.165) is 5.76 Å². The number of furan rings is 1. The van der Waals surface area contributed by atoms with Gasteiger partial charge in [-0.25, -0.2) is 0 Å². The van der Waals surface area contributed by atoms with Crippen LogP contribution >= 0.6 is 0 Å². The summed E-state index contributed by atoms with van der Waals surface area (Å²) >= 11 is 0. The van der Waals surface area contributed by atoms with Gasteiger partial charge in [0.2, 0.25) is 0 Å². The van der Waals surface area contributed by atoms with E-state index in [9.17, 15) is 0 Å². The Bertz CT molecular complexity index is 170. The van der Waals surface area contributed by atoms with Gasteiger partial charge in [0.1, 0.15) is 0 Å². The number of rotatable bonds is 3. The number of hydrogen-bond donors (Lipinski definition) is 0. The zero-order valence-corrected chi connectivity index (χ0v) is 7.26. The van der Waals surface area contributed by atoms with Crippen LogP contribution in [0.25, 0.3) is 0 Å². The summed E-state index contributed by atoms with van der Waals surface area (Å²) in [5.74, 6) is 0.828. The molecule has 0 radical (unpaired) electrons. The van der Waals surface area contributed by atoms with E-state index in [1.165, 1.54) is 0 Å². The van der Waals surface area contributed by atoms with Crippen molar-refractivity contribution < 1.29 is 28.0 Å². The molecule has 1 rings (SSSR count). The van der Waals surface area contributed by atoms with E-state index in [1.54, 1.807) is 6.07 Å². The SMILES string of the molecule is CC(C)OCc1cc[c-]o1.[Li+]. The first kappa shape index (κ1) is 10.8.